The SMILES string of the molecule is CC(C)C(C(=O)SCCNC(=O)CCNC(=O)C(O)C(C)(C)COP(=O)(O)OP(=O)(O)OCC1OC(n2cnc3c(N)ncnc32)C(O)C1OP(=O)(O)O)C(O)C(=O)O. The quantitative estimate of drug-likeness (QED) is 0.0441. The first-order chi connectivity index (χ1) is 27.2. The molecule has 2 amide bonds. The fourth-order valence-corrected chi connectivity index (χ4v) is 9.13. The van der Waals surface area contributed by atoms with E-state index in [1.54, 1.807) is 13.8 Å². The maximum Gasteiger partial charge on any atom is 0.481 e. The molecule has 27 nitrogen and oxygen atoms in total. The minimum absolute atomic E-state index is 0.0138. The van der Waals surface area contributed by atoms with E-state index >= 15 is 0 Å². The molecule has 59 heavy (non-hydrogen) atoms. The minimum atomic E-state index is -5.61. The Kier molecular flexibility index (Phi) is 17.7. The van der Waals surface area contributed by atoms with Gasteiger partial charge in [0.1, 0.15) is 36.3 Å². The second-order valence-corrected chi connectivity index (χ2v) is 19.1. The smallest absolute Gasteiger partial charge is 0.479 e. The van der Waals surface area contributed by atoms with Crippen molar-refractivity contribution in [3.05, 3.63) is 12.7 Å². The van der Waals surface area contributed by atoms with Crippen LogP contribution in [-0.2, 0) is 55.5 Å². The number of fused-ring (bicyclic) bond motifs is 1. The predicted molar refractivity (Wildman–Crippen MR) is 199 cm³/mol. The van der Waals surface area contributed by atoms with E-state index in [1.165, 1.54) is 13.8 Å². The molecular formula is C28H46N7O20P3S. The Morgan fingerprint density at radius 1 is 1.02 bits per heavy atom. The summed E-state index contributed by atoms with van der Waals surface area (Å²) in [5, 5.41) is 44.5. The number of aliphatic hydroxyl groups excluding tert-OH is 3. The van der Waals surface area contributed by atoms with E-state index in [1.807, 2.05) is 0 Å². The number of aliphatic carboxylic acids is 1. The van der Waals surface area contributed by atoms with Gasteiger partial charge in [0.05, 0.1) is 25.5 Å². The molecule has 1 aliphatic heterocycles. The first-order valence-electron chi connectivity index (χ1n) is 17.1. The molecule has 31 heteroatoms. The number of anilines is 1. The highest BCUT2D eigenvalue weighted by atomic mass is 32.2. The number of nitrogens with one attached hydrogen (secondary N) is 2. The van der Waals surface area contributed by atoms with Gasteiger partial charge in [0.25, 0.3) is 0 Å². The molecule has 0 aromatic carbocycles. The van der Waals surface area contributed by atoms with E-state index in [0.29, 0.717) is 0 Å². The second-order valence-electron chi connectivity index (χ2n) is 13.8. The number of nitrogens with two attached hydrogens (primary N) is 1. The summed E-state index contributed by atoms with van der Waals surface area (Å²) < 4.78 is 62.0. The second kappa shape index (κ2) is 20.7. The van der Waals surface area contributed by atoms with Crippen molar-refractivity contribution in [2.75, 3.05) is 37.8 Å². The molecule has 0 spiro atoms. The molecule has 2 aromatic heterocycles. The summed E-state index contributed by atoms with van der Waals surface area (Å²) >= 11 is 0.729. The first-order valence-corrected chi connectivity index (χ1v) is 22.6. The fourth-order valence-electron chi connectivity index (χ4n) is 5.30. The number of rotatable bonds is 23. The van der Waals surface area contributed by atoms with Crippen molar-refractivity contribution in [1.29, 1.82) is 0 Å². The molecule has 0 bridgehead atoms. The van der Waals surface area contributed by atoms with Crippen LogP contribution in [0.4, 0.5) is 5.82 Å². The monoisotopic (exact) mass is 925 g/mol. The summed E-state index contributed by atoms with van der Waals surface area (Å²) in [6.45, 7) is 3.18. The Bertz CT molecular complexity index is 1970. The van der Waals surface area contributed by atoms with Crippen molar-refractivity contribution in [2.24, 2.45) is 17.3 Å². The normalized spacial score (nSPS) is 22.3. The number of imidazole rings is 1. The number of amides is 2. The summed E-state index contributed by atoms with van der Waals surface area (Å²) in [5.74, 6) is -4.77. The molecule has 334 valence electrons. The summed E-state index contributed by atoms with van der Waals surface area (Å²) in [4.78, 5) is 99.1. The number of carboxylic acid groups (broad SMARTS) is 1. The Hall–Kier alpha value is -3.01. The van der Waals surface area contributed by atoms with Crippen LogP contribution in [0.2, 0.25) is 0 Å². The summed E-state index contributed by atoms with van der Waals surface area (Å²) in [6.07, 6.45) is -9.09. The first kappa shape index (κ1) is 50.3. The fraction of sp³-hybridized carbons (Fsp3) is 0.679. The zero-order valence-electron chi connectivity index (χ0n) is 31.6. The number of aromatic nitrogens is 4. The standard InChI is InChI=1S/C28H46N7O20P3S/c1-13(2)16(18(37)26(41)42)27(43)59-8-7-30-15(36)5-6-31-24(40)21(39)28(3,4)10-52-58(49,50)55-57(47,48)51-9-14-20(54-56(44,45)46)19(38)25(53-14)35-12-34-17-22(29)32-11-33-23(17)35/h11-14,16,18-21,25,37-39H,5-10H2,1-4H3,(H,30,36)(H,31,40)(H,41,42)(H,47,48)(H,49,50)(H2,29,32,33)(H2,44,45,46). The van der Waals surface area contributed by atoms with Crippen LogP contribution >= 0.6 is 35.2 Å². The highest BCUT2D eigenvalue weighted by Crippen LogP contribution is 2.61. The average Bonchev–Trinajstić information content (AvgIpc) is 3.67. The number of carboxylic acids is 1. The zero-order chi connectivity index (χ0) is 44.7. The molecular weight excluding hydrogens is 879 g/mol. The number of phosphoric ester groups is 3. The molecule has 1 fully saturated rings. The molecule has 0 aliphatic carbocycles. The molecule has 12 N–H and O–H groups in total. The van der Waals surface area contributed by atoms with Gasteiger partial charge in [-0.1, -0.05) is 39.5 Å². The van der Waals surface area contributed by atoms with Crippen molar-refractivity contribution in [3.8, 4) is 0 Å². The maximum absolute atomic E-state index is 12.7. The van der Waals surface area contributed by atoms with E-state index in [9.17, 15) is 67.8 Å². The third kappa shape index (κ3) is 14.6. The van der Waals surface area contributed by atoms with Crippen LogP contribution in [0.3, 0.4) is 0 Å². The lowest BCUT2D eigenvalue weighted by atomic mass is 9.87. The number of carbonyl (C=O) groups excluding carboxylic acids is 3. The van der Waals surface area contributed by atoms with Gasteiger partial charge >= 0.3 is 29.4 Å². The van der Waals surface area contributed by atoms with Gasteiger partial charge in [-0.05, 0) is 5.92 Å². The van der Waals surface area contributed by atoms with Gasteiger partial charge in [0, 0.05) is 30.7 Å². The van der Waals surface area contributed by atoms with E-state index in [4.69, 9.17) is 24.6 Å². The number of thioether (sulfide) groups is 1. The molecule has 0 saturated carbocycles. The van der Waals surface area contributed by atoms with Crippen LogP contribution in [0.25, 0.3) is 11.2 Å². The van der Waals surface area contributed by atoms with Gasteiger partial charge in [0.15, 0.2) is 28.9 Å². The van der Waals surface area contributed by atoms with E-state index < -0.39 is 114 Å². The van der Waals surface area contributed by atoms with Gasteiger partial charge in [0.2, 0.25) is 11.8 Å². The van der Waals surface area contributed by atoms with Crippen molar-refractivity contribution in [2.45, 2.75) is 70.9 Å². The Morgan fingerprint density at radius 2 is 1.66 bits per heavy atom. The van der Waals surface area contributed by atoms with Crippen molar-refractivity contribution in [1.82, 2.24) is 30.2 Å². The number of hydrogen-bond acceptors (Lipinski definition) is 20. The highest BCUT2D eigenvalue weighted by molar-refractivity contribution is 8.13. The molecule has 1 aliphatic rings. The topological polar surface area (TPSA) is 421 Å². The summed E-state index contributed by atoms with van der Waals surface area (Å²) in [6, 6.07) is 0. The number of carbonyl (C=O) groups is 4. The lowest BCUT2D eigenvalue weighted by molar-refractivity contribution is -0.152. The van der Waals surface area contributed by atoms with Gasteiger partial charge in [-0.3, -0.25) is 32.5 Å². The van der Waals surface area contributed by atoms with Gasteiger partial charge < -0.3 is 61.1 Å². The zero-order valence-corrected chi connectivity index (χ0v) is 35.1. The van der Waals surface area contributed by atoms with Crippen LogP contribution in [0.15, 0.2) is 12.7 Å². The predicted octanol–water partition coefficient (Wildman–Crippen LogP) is -1.62. The van der Waals surface area contributed by atoms with Crippen LogP contribution in [0.5, 0.6) is 0 Å². The van der Waals surface area contributed by atoms with Crippen LogP contribution in [0, 0.1) is 17.3 Å². The lowest BCUT2D eigenvalue weighted by Crippen LogP contribution is -2.46. The minimum Gasteiger partial charge on any atom is -0.479 e. The van der Waals surface area contributed by atoms with Crippen LogP contribution < -0.4 is 16.4 Å². The maximum atomic E-state index is 12.7. The molecule has 9 atom stereocenters. The van der Waals surface area contributed by atoms with E-state index in [2.05, 4.69) is 34.4 Å². The number of nitrogens with zero attached hydrogens (tertiary/aromatic N) is 4. The van der Waals surface area contributed by atoms with Crippen molar-refractivity contribution >= 4 is 75.1 Å². The highest BCUT2D eigenvalue weighted by Gasteiger charge is 2.50. The molecule has 0 radical (unpaired) electrons. The van der Waals surface area contributed by atoms with Gasteiger partial charge in [-0.15, -0.1) is 0 Å². The molecule has 3 heterocycles. The average molecular weight is 926 g/mol. The molecule has 3 rings (SSSR count). The largest absolute Gasteiger partial charge is 0.481 e. The number of hydrogen-bond donors (Lipinski definition) is 11. The Labute approximate surface area is 338 Å². The number of phosphoric acid groups is 3. The van der Waals surface area contributed by atoms with Crippen LogP contribution in [-0.4, -0.2) is 145 Å². The molecule has 9 unspecified atom stereocenters. The third-order valence-corrected chi connectivity index (χ3v) is 12.4. The van der Waals surface area contributed by atoms with E-state index in [0.717, 1.165) is 29.0 Å². The molecule has 2 aromatic rings. The number of nitrogen functional groups attached to an aromatic ring is 1. The van der Waals surface area contributed by atoms with Crippen LogP contribution in [0.1, 0.15) is 40.3 Å². The Balaban J connectivity index is 1.48. The summed E-state index contributed by atoms with van der Waals surface area (Å²) in [7, 11) is -16.5. The number of ether oxygens (including phenoxy) is 1. The van der Waals surface area contributed by atoms with Crippen molar-refractivity contribution < 1.29 is 95.5 Å². The van der Waals surface area contributed by atoms with Gasteiger partial charge in [-0.25, -0.2) is 33.4 Å². The van der Waals surface area contributed by atoms with Crippen molar-refractivity contribution in [3.63, 3.8) is 0 Å². The van der Waals surface area contributed by atoms with E-state index in [-0.39, 0.29) is 42.2 Å². The number of aliphatic hydroxyl groups is 3. The molecule has 1 saturated heterocycles. The lowest BCUT2D eigenvalue weighted by Gasteiger charge is -2.30. The van der Waals surface area contributed by atoms with Gasteiger partial charge in [-0.2, -0.15) is 4.31 Å². The third-order valence-electron chi connectivity index (χ3n) is 8.33. The summed E-state index contributed by atoms with van der Waals surface area (Å²) in [5.41, 5.74) is 4.17. The Morgan fingerprint density at radius 3 is 2.27 bits per heavy atom.